The smallest absolute Gasteiger partial charge is 0.326 e. The number of carbonyl (C=O) groups is 5. The summed E-state index contributed by atoms with van der Waals surface area (Å²) in [5, 5.41) is 26.9. The Kier molecular flexibility index (Phi) is 12.7. The predicted octanol–water partition coefficient (Wildman–Crippen LogP) is -0.849. The fraction of sp³-hybridized carbons (Fsp3) is 0.481. The van der Waals surface area contributed by atoms with Gasteiger partial charge in [0.05, 0.1) is 6.04 Å². The van der Waals surface area contributed by atoms with E-state index in [0.717, 1.165) is 16.5 Å². The lowest BCUT2D eigenvalue weighted by Crippen LogP contribution is -2.57. The molecule has 1 aromatic heterocycles. The van der Waals surface area contributed by atoms with E-state index in [4.69, 9.17) is 22.3 Å². The van der Waals surface area contributed by atoms with E-state index in [9.17, 15) is 29.1 Å². The van der Waals surface area contributed by atoms with Crippen molar-refractivity contribution < 1.29 is 34.2 Å². The Labute approximate surface area is 242 Å². The second kappa shape index (κ2) is 16.0. The van der Waals surface area contributed by atoms with Crippen molar-refractivity contribution in [2.75, 3.05) is 6.54 Å². The van der Waals surface area contributed by atoms with Gasteiger partial charge in [-0.15, -0.1) is 0 Å². The summed E-state index contributed by atoms with van der Waals surface area (Å²) < 4.78 is 0. The van der Waals surface area contributed by atoms with Crippen molar-refractivity contribution >= 4 is 46.5 Å². The quantitative estimate of drug-likeness (QED) is 0.0627. The van der Waals surface area contributed by atoms with Gasteiger partial charge in [-0.25, -0.2) is 4.79 Å². The fourth-order valence-electron chi connectivity index (χ4n) is 4.26. The lowest BCUT2D eigenvalue weighted by molar-refractivity contribution is -0.144. The molecule has 1 aromatic carbocycles. The van der Waals surface area contributed by atoms with Gasteiger partial charge in [-0.05, 0) is 43.2 Å². The molecule has 3 amide bonds. The number of fused-ring (bicyclic) bond motifs is 1. The first-order valence-electron chi connectivity index (χ1n) is 13.5. The number of hydrogen-bond donors (Lipinski definition) is 9. The molecule has 0 fully saturated rings. The molecule has 2 aromatic rings. The van der Waals surface area contributed by atoms with Crippen LogP contribution in [0.1, 0.15) is 45.1 Å². The lowest BCUT2D eigenvalue weighted by Gasteiger charge is -2.26. The number of hydrogen-bond acceptors (Lipinski definition) is 7. The summed E-state index contributed by atoms with van der Waals surface area (Å²) in [6.45, 7) is 3.33. The summed E-state index contributed by atoms with van der Waals surface area (Å²) in [5.41, 5.74) is 18.6. The van der Waals surface area contributed by atoms with Crippen LogP contribution in [0.25, 0.3) is 10.9 Å². The SMILES string of the molecule is CC(C)C(NC(=O)C(CCC(=O)O)NC(=O)C(CCCN=C(N)N)NC(=O)C(N)Cc1c[nH]c2ccccc12)C(=O)O. The van der Waals surface area contributed by atoms with Gasteiger partial charge in [-0.2, -0.15) is 0 Å². The molecule has 42 heavy (non-hydrogen) atoms. The zero-order valence-electron chi connectivity index (χ0n) is 23.6. The summed E-state index contributed by atoms with van der Waals surface area (Å²) in [6, 6.07) is 2.66. The molecule has 1 heterocycles. The molecular formula is C27H40N8O7. The van der Waals surface area contributed by atoms with Crippen molar-refractivity contribution in [1.29, 1.82) is 0 Å². The Morgan fingerprint density at radius 1 is 0.929 bits per heavy atom. The number of nitrogens with zero attached hydrogens (tertiary/aromatic N) is 1. The number of aliphatic imine (C=N–C) groups is 1. The number of benzene rings is 1. The summed E-state index contributed by atoms with van der Waals surface area (Å²) in [5.74, 6) is -5.41. The van der Waals surface area contributed by atoms with Crippen molar-refractivity contribution in [2.45, 2.75) is 70.1 Å². The number of para-hydroxylation sites is 1. The van der Waals surface area contributed by atoms with E-state index in [1.807, 2.05) is 24.3 Å². The monoisotopic (exact) mass is 588 g/mol. The minimum atomic E-state index is -1.38. The zero-order chi connectivity index (χ0) is 31.4. The van der Waals surface area contributed by atoms with E-state index in [2.05, 4.69) is 25.9 Å². The van der Waals surface area contributed by atoms with Gasteiger partial charge in [-0.1, -0.05) is 32.0 Å². The molecule has 2 rings (SSSR count). The highest BCUT2D eigenvalue weighted by Gasteiger charge is 2.31. The maximum Gasteiger partial charge on any atom is 0.326 e. The van der Waals surface area contributed by atoms with Gasteiger partial charge >= 0.3 is 11.9 Å². The Morgan fingerprint density at radius 3 is 2.17 bits per heavy atom. The Morgan fingerprint density at radius 2 is 1.55 bits per heavy atom. The van der Waals surface area contributed by atoms with Crippen molar-refractivity contribution in [2.24, 2.45) is 28.1 Å². The molecule has 0 aliphatic rings. The van der Waals surface area contributed by atoms with Crippen LogP contribution in [0.3, 0.4) is 0 Å². The Hall–Kier alpha value is -4.66. The molecule has 0 saturated carbocycles. The highest BCUT2D eigenvalue weighted by atomic mass is 16.4. The molecule has 15 heteroatoms. The molecule has 0 spiro atoms. The van der Waals surface area contributed by atoms with Gasteiger partial charge in [0.15, 0.2) is 5.96 Å². The van der Waals surface area contributed by atoms with Crippen LogP contribution >= 0.6 is 0 Å². The first-order chi connectivity index (χ1) is 19.8. The van der Waals surface area contributed by atoms with Crippen LogP contribution in [0.4, 0.5) is 0 Å². The maximum atomic E-state index is 13.3. The zero-order valence-corrected chi connectivity index (χ0v) is 23.6. The van der Waals surface area contributed by atoms with E-state index < -0.39 is 66.2 Å². The highest BCUT2D eigenvalue weighted by Crippen LogP contribution is 2.19. The van der Waals surface area contributed by atoms with E-state index >= 15 is 0 Å². The number of guanidine groups is 1. The number of rotatable bonds is 17. The molecule has 0 aliphatic carbocycles. The number of aromatic nitrogens is 1. The van der Waals surface area contributed by atoms with E-state index in [-0.39, 0.29) is 38.2 Å². The molecule has 230 valence electrons. The van der Waals surface area contributed by atoms with Crippen molar-refractivity contribution in [3.05, 3.63) is 36.0 Å². The third-order valence-corrected chi connectivity index (χ3v) is 6.54. The lowest BCUT2D eigenvalue weighted by atomic mass is 10.0. The van der Waals surface area contributed by atoms with Crippen LogP contribution in [0.15, 0.2) is 35.5 Å². The Balaban J connectivity index is 2.20. The molecular weight excluding hydrogens is 548 g/mol. The van der Waals surface area contributed by atoms with Gasteiger partial charge in [0.1, 0.15) is 18.1 Å². The number of amides is 3. The van der Waals surface area contributed by atoms with Gasteiger partial charge < -0.3 is 48.3 Å². The third kappa shape index (κ3) is 10.4. The predicted molar refractivity (Wildman–Crippen MR) is 155 cm³/mol. The fourth-order valence-corrected chi connectivity index (χ4v) is 4.26. The van der Waals surface area contributed by atoms with Gasteiger partial charge in [0.25, 0.3) is 0 Å². The largest absolute Gasteiger partial charge is 0.481 e. The second-order valence-electron chi connectivity index (χ2n) is 10.2. The number of carbonyl (C=O) groups excluding carboxylic acids is 3. The van der Waals surface area contributed by atoms with Crippen molar-refractivity contribution in [3.63, 3.8) is 0 Å². The van der Waals surface area contributed by atoms with Crippen LogP contribution in [0.5, 0.6) is 0 Å². The topological polar surface area (TPSA) is 268 Å². The molecule has 4 unspecified atom stereocenters. The van der Waals surface area contributed by atoms with Crippen LogP contribution < -0.4 is 33.2 Å². The summed E-state index contributed by atoms with van der Waals surface area (Å²) in [6.07, 6.45) is 1.47. The van der Waals surface area contributed by atoms with E-state index in [1.54, 1.807) is 20.0 Å². The third-order valence-electron chi connectivity index (χ3n) is 6.54. The summed E-state index contributed by atoms with van der Waals surface area (Å²) in [7, 11) is 0. The van der Waals surface area contributed by atoms with Crippen LogP contribution in [-0.2, 0) is 30.4 Å². The van der Waals surface area contributed by atoms with E-state index in [1.165, 1.54) is 0 Å². The number of aliphatic carboxylic acids is 2. The summed E-state index contributed by atoms with van der Waals surface area (Å²) >= 11 is 0. The molecule has 12 N–H and O–H groups in total. The average Bonchev–Trinajstić information content (AvgIpc) is 3.32. The molecule has 0 bridgehead atoms. The molecule has 4 atom stereocenters. The van der Waals surface area contributed by atoms with E-state index in [0.29, 0.717) is 0 Å². The number of H-pyrrole nitrogens is 1. The first kappa shape index (κ1) is 33.5. The maximum absolute atomic E-state index is 13.3. The number of nitrogens with two attached hydrogens (primary N) is 3. The van der Waals surface area contributed by atoms with Gasteiger partial charge in [-0.3, -0.25) is 24.2 Å². The minimum absolute atomic E-state index is 0.0607. The molecule has 0 radical (unpaired) electrons. The van der Waals surface area contributed by atoms with Crippen molar-refractivity contribution in [1.82, 2.24) is 20.9 Å². The van der Waals surface area contributed by atoms with Gasteiger partial charge in [0, 0.05) is 30.1 Å². The second-order valence-corrected chi connectivity index (χ2v) is 10.2. The Bertz CT molecular complexity index is 1290. The molecule has 15 nitrogen and oxygen atoms in total. The summed E-state index contributed by atoms with van der Waals surface area (Å²) in [4.78, 5) is 69.1. The average molecular weight is 589 g/mol. The number of aromatic amines is 1. The first-order valence-corrected chi connectivity index (χ1v) is 13.5. The number of carboxylic acid groups (broad SMARTS) is 2. The number of carboxylic acids is 2. The van der Waals surface area contributed by atoms with Crippen LogP contribution in [-0.4, -0.2) is 81.5 Å². The highest BCUT2D eigenvalue weighted by molar-refractivity contribution is 5.94. The number of nitrogens with one attached hydrogen (secondary N) is 4. The van der Waals surface area contributed by atoms with Gasteiger partial charge in [0.2, 0.25) is 17.7 Å². The molecule has 0 saturated heterocycles. The standard InChI is InChI=1S/C27H40N8O7/c1-14(2)22(26(41)42)35-25(40)20(9-10-21(36)37)34-24(39)19(8-5-11-31-27(29)30)33-23(38)17(28)12-15-13-32-18-7-4-3-6-16(15)18/h3-4,6-7,13-14,17,19-20,22,32H,5,8-12,28H2,1-2H3,(H,33,38)(H,34,39)(H,35,40)(H,36,37)(H,41,42)(H4,29,30,31). The normalized spacial score (nSPS) is 13.9. The van der Waals surface area contributed by atoms with Crippen molar-refractivity contribution in [3.8, 4) is 0 Å². The van der Waals surface area contributed by atoms with Crippen LogP contribution in [0, 0.1) is 5.92 Å². The van der Waals surface area contributed by atoms with Crippen LogP contribution in [0.2, 0.25) is 0 Å². The molecule has 0 aliphatic heterocycles. The minimum Gasteiger partial charge on any atom is -0.481 e.